The highest BCUT2D eigenvalue weighted by Gasteiger charge is 2.17. The van der Waals surface area contributed by atoms with Crippen LogP contribution in [0.2, 0.25) is 0 Å². The molecule has 0 aliphatic carbocycles. The zero-order valence-corrected chi connectivity index (χ0v) is 13.3. The highest BCUT2D eigenvalue weighted by Crippen LogP contribution is 2.28. The van der Waals surface area contributed by atoms with Gasteiger partial charge in [-0.05, 0) is 38.1 Å². The summed E-state index contributed by atoms with van der Waals surface area (Å²) in [7, 11) is 3.36. The summed E-state index contributed by atoms with van der Waals surface area (Å²) in [6.07, 6.45) is 1.48. The molecule has 118 valence electrons. The lowest BCUT2D eigenvalue weighted by Crippen LogP contribution is -2.36. The first kappa shape index (κ1) is 17.3. The van der Waals surface area contributed by atoms with Gasteiger partial charge in [0, 0.05) is 6.42 Å². The van der Waals surface area contributed by atoms with E-state index in [2.05, 4.69) is 12.2 Å². The quantitative estimate of drug-likeness (QED) is 0.708. The topological polar surface area (TPSA) is 56.8 Å². The van der Waals surface area contributed by atoms with Crippen LogP contribution in [0, 0.1) is 0 Å². The van der Waals surface area contributed by atoms with Crippen LogP contribution >= 0.6 is 0 Å². The van der Waals surface area contributed by atoms with Crippen LogP contribution in [0.25, 0.3) is 0 Å². The lowest BCUT2D eigenvalue weighted by molar-refractivity contribution is -0.145. The second-order valence-corrected chi connectivity index (χ2v) is 4.57. The monoisotopic (exact) mass is 295 g/mol. The van der Waals surface area contributed by atoms with Gasteiger partial charge < -0.3 is 19.5 Å². The van der Waals surface area contributed by atoms with Gasteiger partial charge in [-0.3, -0.25) is 4.79 Å². The Morgan fingerprint density at radius 3 is 2.62 bits per heavy atom. The van der Waals surface area contributed by atoms with Crippen molar-refractivity contribution in [3.8, 4) is 11.5 Å². The van der Waals surface area contributed by atoms with Crippen LogP contribution in [0.4, 0.5) is 0 Å². The Morgan fingerprint density at radius 2 is 2.05 bits per heavy atom. The lowest BCUT2D eigenvalue weighted by Gasteiger charge is -2.16. The first-order valence-corrected chi connectivity index (χ1v) is 7.29. The largest absolute Gasteiger partial charge is 0.493 e. The van der Waals surface area contributed by atoms with Crippen LogP contribution in [-0.4, -0.2) is 39.4 Å². The van der Waals surface area contributed by atoms with E-state index in [9.17, 15) is 4.79 Å². The van der Waals surface area contributed by atoms with Crippen LogP contribution in [0.1, 0.15) is 25.8 Å². The predicted molar refractivity (Wildman–Crippen MR) is 82.0 cm³/mol. The number of ether oxygens (including phenoxy) is 3. The Hall–Kier alpha value is -1.75. The van der Waals surface area contributed by atoms with Crippen molar-refractivity contribution in [1.29, 1.82) is 0 Å². The summed E-state index contributed by atoms with van der Waals surface area (Å²) in [4.78, 5) is 11.7. The number of hydrogen-bond acceptors (Lipinski definition) is 5. The van der Waals surface area contributed by atoms with E-state index in [0.717, 1.165) is 6.42 Å². The minimum atomic E-state index is -0.356. The van der Waals surface area contributed by atoms with Crippen molar-refractivity contribution in [2.24, 2.45) is 0 Å². The van der Waals surface area contributed by atoms with Crippen molar-refractivity contribution >= 4 is 5.97 Å². The third kappa shape index (κ3) is 5.27. The first-order chi connectivity index (χ1) is 10.2. The highest BCUT2D eigenvalue weighted by molar-refractivity contribution is 5.75. The van der Waals surface area contributed by atoms with Gasteiger partial charge in [0.15, 0.2) is 11.5 Å². The van der Waals surface area contributed by atoms with Crippen molar-refractivity contribution < 1.29 is 19.0 Å². The first-order valence-electron chi connectivity index (χ1n) is 7.29. The minimum absolute atomic E-state index is 0.253. The summed E-state index contributed by atoms with van der Waals surface area (Å²) in [5, 5.41) is 2.93. The van der Waals surface area contributed by atoms with Crippen LogP contribution in [0.3, 0.4) is 0 Å². The van der Waals surface area contributed by atoms with E-state index in [1.54, 1.807) is 21.1 Å². The third-order valence-corrected chi connectivity index (χ3v) is 3.22. The van der Waals surface area contributed by atoms with Crippen molar-refractivity contribution in [3.05, 3.63) is 23.8 Å². The Bertz CT molecular complexity index is 448. The molecule has 1 aromatic rings. The number of carbonyl (C=O) groups is 1. The lowest BCUT2D eigenvalue weighted by atomic mass is 10.1. The maximum absolute atomic E-state index is 11.7. The minimum Gasteiger partial charge on any atom is -0.493 e. The second-order valence-electron chi connectivity index (χ2n) is 4.57. The fraction of sp³-hybridized carbons (Fsp3) is 0.562. The van der Waals surface area contributed by atoms with Crippen molar-refractivity contribution in [1.82, 2.24) is 5.32 Å². The normalized spacial score (nSPS) is 11.8. The van der Waals surface area contributed by atoms with Gasteiger partial charge in [-0.25, -0.2) is 0 Å². The number of aryl methyl sites for hydroxylation is 1. The SMILES string of the molecule is CCOC(=O)C(CCOc1ccc(CC)cc1OC)NC. The van der Waals surface area contributed by atoms with E-state index in [4.69, 9.17) is 14.2 Å². The van der Waals surface area contributed by atoms with Crippen LogP contribution < -0.4 is 14.8 Å². The van der Waals surface area contributed by atoms with E-state index < -0.39 is 0 Å². The van der Waals surface area contributed by atoms with Gasteiger partial charge in [-0.15, -0.1) is 0 Å². The average molecular weight is 295 g/mol. The molecule has 5 heteroatoms. The number of esters is 1. The molecule has 0 fully saturated rings. The molecule has 0 radical (unpaired) electrons. The molecule has 1 rings (SSSR count). The Balaban J connectivity index is 2.56. The number of methoxy groups -OCH3 is 1. The number of nitrogens with one attached hydrogen (secondary N) is 1. The van der Waals surface area contributed by atoms with Gasteiger partial charge in [-0.1, -0.05) is 13.0 Å². The van der Waals surface area contributed by atoms with Crippen LogP contribution in [0.15, 0.2) is 18.2 Å². The number of likely N-dealkylation sites (N-methyl/N-ethyl adjacent to an activating group) is 1. The van der Waals surface area contributed by atoms with Gasteiger partial charge in [-0.2, -0.15) is 0 Å². The molecule has 0 aliphatic heterocycles. The smallest absolute Gasteiger partial charge is 0.323 e. The molecule has 0 aromatic heterocycles. The standard InChI is InChI=1S/C16H25NO4/c1-5-12-7-8-14(15(11-12)19-4)21-10-9-13(17-3)16(18)20-6-2/h7-8,11,13,17H,5-6,9-10H2,1-4H3. The van der Waals surface area contributed by atoms with Gasteiger partial charge in [0.2, 0.25) is 0 Å². The molecule has 0 saturated heterocycles. The number of hydrogen-bond donors (Lipinski definition) is 1. The molecule has 21 heavy (non-hydrogen) atoms. The number of benzene rings is 1. The van der Waals surface area contributed by atoms with Gasteiger partial charge >= 0.3 is 5.97 Å². The van der Waals surface area contributed by atoms with E-state index in [1.807, 2.05) is 18.2 Å². The molecule has 0 bridgehead atoms. The molecular formula is C16H25NO4. The van der Waals surface area contributed by atoms with E-state index >= 15 is 0 Å². The summed E-state index contributed by atoms with van der Waals surface area (Å²) in [6.45, 7) is 4.67. The number of rotatable bonds is 9. The fourth-order valence-corrected chi connectivity index (χ4v) is 1.96. The Morgan fingerprint density at radius 1 is 1.29 bits per heavy atom. The summed E-state index contributed by atoms with van der Waals surface area (Å²) in [5.74, 6) is 1.15. The molecule has 0 amide bonds. The molecule has 0 heterocycles. The van der Waals surface area contributed by atoms with Crippen molar-refractivity contribution in [2.75, 3.05) is 27.4 Å². The average Bonchev–Trinajstić information content (AvgIpc) is 2.51. The van der Waals surface area contributed by atoms with Gasteiger partial charge in [0.1, 0.15) is 6.04 Å². The van der Waals surface area contributed by atoms with Crippen LogP contribution in [-0.2, 0) is 16.0 Å². The third-order valence-electron chi connectivity index (χ3n) is 3.22. The summed E-state index contributed by atoms with van der Waals surface area (Å²) < 4.78 is 16.0. The molecule has 5 nitrogen and oxygen atoms in total. The molecule has 0 spiro atoms. The van der Waals surface area contributed by atoms with Crippen molar-refractivity contribution in [3.63, 3.8) is 0 Å². The van der Waals surface area contributed by atoms with Crippen LogP contribution in [0.5, 0.6) is 11.5 Å². The molecule has 0 saturated carbocycles. The molecule has 0 aliphatic rings. The summed E-state index contributed by atoms with van der Waals surface area (Å²) in [5.41, 5.74) is 1.19. The Kier molecular flexibility index (Phi) is 7.61. The molecule has 1 N–H and O–H groups in total. The maximum atomic E-state index is 11.7. The molecule has 1 unspecified atom stereocenters. The van der Waals surface area contributed by atoms with Crippen molar-refractivity contribution in [2.45, 2.75) is 32.7 Å². The number of carbonyl (C=O) groups excluding carboxylic acids is 1. The van der Waals surface area contributed by atoms with Gasteiger partial charge in [0.25, 0.3) is 0 Å². The van der Waals surface area contributed by atoms with E-state index in [-0.39, 0.29) is 12.0 Å². The highest BCUT2D eigenvalue weighted by atomic mass is 16.5. The fourth-order valence-electron chi connectivity index (χ4n) is 1.96. The van der Waals surface area contributed by atoms with E-state index in [1.165, 1.54) is 5.56 Å². The zero-order valence-electron chi connectivity index (χ0n) is 13.3. The summed E-state index contributed by atoms with van der Waals surface area (Å²) >= 11 is 0. The summed E-state index contributed by atoms with van der Waals surface area (Å²) in [6, 6.07) is 5.52. The zero-order chi connectivity index (χ0) is 15.7. The second kappa shape index (κ2) is 9.23. The van der Waals surface area contributed by atoms with E-state index in [0.29, 0.717) is 31.1 Å². The van der Waals surface area contributed by atoms with Gasteiger partial charge in [0.05, 0.1) is 20.3 Å². The maximum Gasteiger partial charge on any atom is 0.323 e. The Labute approximate surface area is 126 Å². The molecular weight excluding hydrogens is 270 g/mol. The molecule has 1 atom stereocenters. The predicted octanol–water partition coefficient (Wildman–Crippen LogP) is 2.18. The molecule has 1 aromatic carbocycles.